The van der Waals surface area contributed by atoms with Crippen molar-refractivity contribution in [3.8, 4) is 0 Å². The maximum absolute atomic E-state index is 11.3. The van der Waals surface area contributed by atoms with E-state index in [2.05, 4.69) is 10.3 Å². The van der Waals surface area contributed by atoms with Gasteiger partial charge >= 0.3 is 0 Å². The minimum atomic E-state index is -0.620. The highest BCUT2D eigenvalue weighted by molar-refractivity contribution is 6.08. The van der Waals surface area contributed by atoms with Crippen molar-refractivity contribution in [2.45, 2.75) is 32.7 Å². The van der Waals surface area contributed by atoms with Gasteiger partial charge in [0.15, 0.2) is 0 Å². The molecule has 0 fully saturated rings. The van der Waals surface area contributed by atoms with E-state index < -0.39 is 5.54 Å². The van der Waals surface area contributed by atoms with E-state index >= 15 is 0 Å². The number of carbonyl (C=O) groups excluding carboxylic acids is 1. The fourth-order valence-electron chi connectivity index (χ4n) is 1.08. The first-order valence-electron chi connectivity index (χ1n) is 4.54. The van der Waals surface area contributed by atoms with E-state index in [-0.39, 0.29) is 5.91 Å². The number of nitrogens with one attached hydrogen (secondary N) is 1. The summed E-state index contributed by atoms with van der Waals surface area (Å²) in [5, 5.41) is 2.69. The lowest BCUT2D eigenvalue weighted by molar-refractivity contribution is -0.122. The van der Waals surface area contributed by atoms with Gasteiger partial charge in [-0.05, 0) is 20.3 Å². The minimum absolute atomic E-state index is 0.0531. The smallest absolute Gasteiger partial charge is 0.252 e. The van der Waals surface area contributed by atoms with Crippen LogP contribution in [0.3, 0.4) is 0 Å². The minimum Gasteiger partial charge on any atom is -0.374 e. The Morgan fingerprint density at radius 3 is 2.69 bits per heavy atom. The molecule has 1 aliphatic rings. The maximum Gasteiger partial charge on any atom is 0.252 e. The van der Waals surface area contributed by atoms with Crippen molar-refractivity contribution in [2.75, 3.05) is 13.2 Å². The van der Waals surface area contributed by atoms with Crippen LogP contribution < -0.4 is 5.32 Å². The van der Waals surface area contributed by atoms with Crippen LogP contribution in [-0.4, -0.2) is 30.5 Å². The molecule has 0 atom stereocenters. The first-order valence-corrected chi connectivity index (χ1v) is 4.54. The average Bonchev–Trinajstić information content (AvgIpc) is 2.27. The Hall–Kier alpha value is -0.900. The standard InChI is InChI=1S/C9H16N2O2/c1-4-5-13-6-7-10-8(12)9(2,3)11-7/h4-6H2,1-3H3,(H,10,11,12). The molecule has 0 spiro atoms. The second-order valence-corrected chi connectivity index (χ2v) is 3.62. The van der Waals surface area contributed by atoms with Gasteiger partial charge in [-0.25, -0.2) is 0 Å². The van der Waals surface area contributed by atoms with Gasteiger partial charge < -0.3 is 10.1 Å². The molecule has 1 amide bonds. The van der Waals surface area contributed by atoms with Crippen LogP contribution in [0, 0.1) is 0 Å². The van der Waals surface area contributed by atoms with E-state index in [4.69, 9.17) is 4.74 Å². The average molecular weight is 184 g/mol. The summed E-state index contributed by atoms with van der Waals surface area (Å²) in [4.78, 5) is 15.5. The normalized spacial score (nSPS) is 19.9. The van der Waals surface area contributed by atoms with Crippen molar-refractivity contribution in [1.82, 2.24) is 5.32 Å². The molecule has 0 aliphatic carbocycles. The van der Waals surface area contributed by atoms with Gasteiger partial charge in [-0.2, -0.15) is 0 Å². The van der Waals surface area contributed by atoms with Crippen LogP contribution in [0.2, 0.25) is 0 Å². The molecule has 74 valence electrons. The van der Waals surface area contributed by atoms with Gasteiger partial charge in [-0.15, -0.1) is 0 Å². The lowest BCUT2D eigenvalue weighted by Gasteiger charge is -2.07. The molecule has 0 radical (unpaired) electrons. The van der Waals surface area contributed by atoms with Crippen LogP contribution in [0.5, 0.6) is 0 Å². The predicted molar refractivity (Wildman–Crippen MR) is 50.8 cm³/mol. The number of aliphatic imine (C=N–C) groups is 1. The van der Waals surface area contributed by atoms with Gasteiger partial charge in [-0.3, -0.25) is 9.79 Å². The monoisotopic (exact) mass is 184 g/mol. The van der Waals surface area contributed by atoms with Crippen molar-refractivity contribution >= 4 is 11.7 Å². The lowest BCUT2D eigenvalue weighted by atomic mass is 10.1. The fraction of sp³-hybridized carbons (Fsp3) is 0.778. The highest BCUT2D eigenvalue weighted by Gasteiger charge is 2.33. The zero-order valence-electron chi connectivity index (χ0n) is 8.39. The molecule has 0 aromatic heterocycles. The molecule has 1 aliphatic heterocycles. The summed E-state index contributed by atoms with van der Waals surface area (Å²) < 4.78 is 5.26. The van der Waals surface area contributed by atoms with Crippen LogP contribution in [0.15, 0.2) is 4.99 Å². The number of amidine groups is 1. The van der Waals surface area contributed by atoms with Gasteiger partial charge in [0, 0.05) is 6.61 Å². The van der Waals surface area contributed by atoms with Gasteiger partial charge in [0.1, 0.15) is 18.0 Å². The number of amides is 1. The molecule has 0 saturated carbocycles. The maximum atomic E-state index is 11.3. The Morgan fingerprint density at radius 1 is 1.54 bits per heavy atom. The third kappa shape index (κ3) is 2.52. The summed E-state index contributed by atoms with van der Waals surface area (Å²) in [6, 6.07) is 0. The van der Waals surface area contributed by atoms with Crippen molar-refractivity contribution < 1.29 is 9.53 Å². The quantitative estimate of drug-likeness (QED) is 0.654. The topological polar surface area (TPSA) is 50.7 Å². The van der Waals surface area contributed by atoms with Gasteiger partial charge in [-0.1, -0.05) is 6.92 Å². The molecular formula is C9H16N2O2. The fourth-order valence-corrected chi connectivity index (χ4v) is 1.08. The molecule has 4 heteroatoms. The number of carbonyl (C=O) groups is 1. The van der Waals surface area contributed by atoms with E-state index in [9.17, 15) is 4.79 Å². The van der Waals surface area contributed by atoms with Crippen molar-refractivity contribution in [1.29, 1.82) is 0 Å². The zero-order chi connectivity index (χ0) is 9.90. The van der Waals surface area contributed by atoms with Crippen LogP contribution >= 0.6 is 0 Å². The Labute approximate surface area is 78.4 Å². The number of rotatable bonds is 4. The molecule has 0 aromatic carbocycles. The summed E-state index contributed by atoms with van der Waals surface area (Å²) in [6.45, 7) is 6.72. The van der Waals surface area contributed by atoms with E-state index in [1.807, 2.05) is 6.92 Å². The second kappa shape index (κ2) is 3.87. The molecule has 13 heavy (non-hydrogen) atoms. The van der Waals surface area contributed by atoms with Gasteiger partial charge in [0.05, 0.1) is 0 Å². The summed E-state index contributed by atoms with van der Waals surface area (Å²) in [6.07, 6.45) is 0.977. The Morgan fingerprint density at radius 2 is 2.23 bits per heavy atom. The lowest BCUT2D eigenvalue weighted by Crippen LogP contribution is -2.35. The van der Waals surface area contributed by atoms with E-state index in [0.29, 0.717) is 19.0 Å². The first kappa shape index (κ1) is 10.2. The number of hydrogen-bond acceptors (Lipinski definition) is 3. The summed E-state index contributed by atoms with van der Waals surface area (Å²) in [5.41, 5.74) is -0.620. The van der Waals surface area contributed by atoms with Crippen LogP contribution in [0.1, 0.15) is 27.2 Å². The van der Waals surface area contributed by atoms with Gasteiger partial charge in [0.25, 0.3) is 5.91 Å². The van der Waals surface area contributed by atoms with Crippen LogP contribution in [0.25, 0.3) is 0 Å². The predicted octanol–water partition coefficient (Wildman–Crippen LogP) is 0.720. The molecular weight excluding hydrogens is 168 g/mol. The molecule has 1 N–H and O–H groups in total. The third-order valence-electron chi connectivity index (χ3n) is 1.82. The number of ether oxygens (including phenoxy) is 1. The summed E-state index contributed by atoms with van der Waals surface area (Å²) >= 11 is 0. The Bertz CT molecular complexity index is 234. The number of nitrogens with zero attached hydrogens (tertiary/aromatic N) is 1. The summed E-state index contributed by atoms with van der Waals surface area (Å²) in [7, 11) is 0. The largest absolute Gasteiger partial charge is 0.374 e. The Kier molecular flexibility index (Phi) is 3.03. The molecule has 0 aromatic rings. The summed E-state index contributed by atoms with van der Waals surface area (Å²) in [5.74, 6) is 0.589. The van der Waals surface area contributed by atoms with E-state index in [1.54, 1.807) is 13.8 Å². The van der Waals surface area contributed by atoms with Gasteiger partial charge in [0.2, 0.25) is 0 Å². The zero-order valence-corrected chi connectivity index (χ0v) is 8.39. The molecule has 0 unspecified atom stereocenters. The highest BCUT2D eigenvalue weighted by atomic mass is 16.5. The molecule has 4 nitrogen and oxygen atoms in total. The molecule has 1 heterocycles. The van der Waals surface area contributed by atoms with Crippen molar-refractivity contribution in [2.24, 2.45) is 4.99 Å². The van der Waals surface area contributed by atoms with Crippen molar-refractivity contribution in [3.05, 3.63) is 0 Å². The van der Waals surface area contributed by atoms with E-state index in [1.165, 1.54) is 0 Å². The molecule has 1 rings (SSSR count). The third-order valence-corrected chi connectivity index (χ3v) is 1.82. The Balaban J connectivity index is 2.41. The SMILES string of the molecule is CCCOCC1=NC(C)(C)C(=O)N1. The highest BCUT2D eigenvalue weighted by Crippen LogP contribution is 2.14. The van der Waals surface area contributed by atoms with Crippen LogP contribution in [-0.2, 0) is 9.53 Å². The first-order chi connectivity index (χ1) is 6.06. The number of hydrogen-bond donors (Lipinski definition) is 1. The van der Waals surface area contributed by atoms with Crippen LogP contribution in [0.4, 0.5) is 0 Å². The van der Waals surface area contributed by atoms with E-state index in [0.717, 1.165) is 6.42 Å². The second-order valence-electron chi connectivity index (χ2n) is 3.62. The molecule has 0 bridgehead atoms. The van der Waals surface area contributed by atoms with Crippen molar-refractivity contribution in [3.63, 3.8) is 0 Å². The molecule has 0 saturated heterocycles.